The minimum Gasteiger partial charge on any atom is -0.369 e. The summed E-state index contributed by atoms with van der Waals surface area (Å²) in [5.74, 6) is 0. The van der Waals surface area contributed by atoms with Crippen molar-refractivity contribution in [2.24, 2.45) is 0 Å². The molecule has 0 radical (unpaired) electrons. The first-order chi connectivity index (χ1) is 12.2. The highest BCUT2D eigenvalue weighted by Gasteiger charge is 2.12. The van der Waals surface area contributed by atoms with Crippen molar-refractivity contribution in [1.82, 2.24) is 14.9 Å². The van der Waals surface area contributed by atoms with Crippen LogP contribution in [0.5, 0.6) is 0 Å². The first-order valence-corrected chi connectivity index (χ1v) is 8.64. The van der Waals surface area contributed by atoms with Crippen molar-refractivity contribution >= 4 is 17.7 Å². The Balaban J connectivity index is 1.48. The van der Waals surface area contributed by atoms with E-state index in [1.807, 2.05) is 31.5 Å². The van der Waals surface area contributed by atoms with Gasteiger partial charge in [-0.3, -0.25) is 4.98 Å². The molecule has 0 N–H and O–H groups in total. The zero-order valence-electron chi connectivity index (χ0n) is 14.0. The topological polar surface area (TPSA) is 29.0 Å². The minimum atomic E-state index is 0.541. The van der Waals surface area contributed by atoms with Gasteiger partial charge in [-0.1, -0.05) is 35.9 Å². The number of hydrogen-bond donors (Lipinski definition) is 0. The van der Waals surface area contributed by atoms with Gasteiger partial charge in [0.05, 0.1) is 0 Å². The van der Waals surface area contributed by atoms with E-state index in [0.717, 1.165) is 24.3 Å². The SMILES string of the molecule is Cc1cc(-c2ccc(CN3C=Cc4cc(Cl)ncc4C3)cc2)ccn1. The van der Waals surface area contributed by atoms with Crippen molar-refractivity contribution in [3.05, 3.63) is 88.6 Å². The van der Waals surface area contributed by atoms with Crippen molar-refractivity contribution in [3.63, 3.8) is 0 Å². The van der Waals surface area contributed by atoms with Gasteiger partial charge in [0.2, 0.25) is 0 Å². The predicted molar refractivity (Wildman–Crippen MR) is 102 cm³/mol. The van der Waals surface area contributed by atoms with Crippen molar-refractivity contribution in [2.45, 2.75) is 20.0 Å². The number of nitrogens with zero attached hydrogens (tertiary/aromatic N) is 3. The molecule has 4 rings (SSSR count). The molecule has 0 saturated carbocycles. The molecule has 0 saturated heterocycles. The number of benzene rings is 1. The molecule has 0 amide bonds. The lowest BCUT2D eigenvalue weighted by Gasteiger charge is -2.25. The van der Waals surface area contributed by atoms with Crippen LogP contribution >= 0.6 is 11.6 Å². The summed E-state index contributed by atoms with van der Waals surface area (Å²) in [6.45, 7) is 3.73. The number of halogens is 1. The fourth-order valence-corrected chi connectivity index (χ4v) is 3.25. The molecule has 0 bridgehead atoms. The molecule has 1 aliphatic heterocycles. The quantitative estimate of drug-likeness (QED) is 0.618. The standard InChI is InChI=1S/C21H18ClN3/c1-15-10-18(6-8-23-15)17-4-2-16(3-5-17)13-25-9-7-19-11-21(22)24-12-20(19)14-25/h2-12H,13-14H2,1H3. The van der Waals surface area contributed by atoms with Gasteiger partial charge in [0.1, 0.15) is 5.15 Å². The molecule has 124 valence electrons. The minimum absolute atomic E-state index is 0.541. The Hall–Kier alpha value is -2.65. The fraction of sp³-hybridized carbons (Fsp3) is 0.143. The largest absolute Gasteiger partial charge is 0.369 e. The van der Waals surface area contributed by atoms with Gasteiger partial charge in [-0.15, -0.1) is 0 Å². The third-order valence-electron chi connectivity index (χ3n) is 4.40. The van der Waals surface area contributed by atoms with Gasteiger partial charge in [-0.25, -0.2) is 4.98 Å². The van der Waals surface area contributed by atoms with E-state index in [1.165, 1.54) is 22.3 Å². The smallest absolute Gasteiger partial charge is 0.129 e. The number of pyridine rings is 2. The first kappa shape index (κ1) is 15.9. The van der Waals surface area contributed by atoms with Crippen LogP contribution in [-0.4, -0.2) is 14.9 Å². The molecule has 0 atom stereocenters. The molecule has 25 heavy (non-hydrogen) atoms. The maximum absolute atomic E-state index is 5.96. The van der Waals surface area contributed by atoms with E-state index in [2.05, 4.69) is 57.5 Å². The molecule has 3 aromatic rings. The highest BCUT2D eigenvalue weighted by molar-refractivity contribution is 6.29. The number of rotatable bonds is 3. The molecular weight excluding hydrogens is 330 g/mol. The zero-order chi connectivity index (χ0) is 17.2. The summed E-state index contributed by atoms with van der Waals surface area (Å²) in [5, 5.41) is 0.541. The van der Waals surface area contributed by atoms with Crippen LogP contribution < -0.4 is 0 Å². The van der Waals surface area contributed by atoms with Crippen LogP contribution in [0.3, 0.4) is 0 Å². The van der Waals surface area contributed by atoms with Crippen LogP contribution in [0.15, 0.2) is 61.1 Å². The lowest BCUT2D eigenvalue weighted by Crippen LogP contribution is -2.19. The highest BCUT2D eigenvalue weighted by atomic mass is 35.5. The Kier molecular flexibility index (Phi) is 4.24. The Morgan fingerprint density at radius 2 is 1.88 bits per heavy atom. The lowest BCUT2D eigenvalue weighted by molar-refractivity contribution is 0.359. The maximum atomic E-state index is 5.96. The van der Waals surface area contributed by atoms with E-state index in [4.69, 9.17) is 11.6 Å². The molecule has 0 spiro atoms. The average Bonchev–Trinajstić information content (AvgIpc) is 2.62. The fourth-order valence-electron chi connectivity index (χ4n) is 3.09. The normalized spacial score (nSPS) is 13.0. The summed E-state index contributed by atoms with van der Waals surface area (Å²) >= 11 is 5.96. The van der Waals surface area contributed by atoms with Crippen LogP contribution in [0.25, 0.3) is 17.2 Å². The summed E-state index contributed by atoms with van der Waals surface area (Å²) in [5.41, 5.74) is 7.09. The summed E-state index contributed by atoms with van der Waals surface area (Å²) in [7, 11) is 0. The Bertz CT molecular complexity index is 932. The third-order valence-corrected chi connectivity index (χ3v) is 4.60. The van der Waals surface area contributed by atoms with E-state index in [0.29, 0.717) is 5.15 Å². The lowest BCUT2D eigenvalue weighted by atomic mass is 10.0. The van der Waals surface area contributed by atoms with Crippen molar-refractivity contribution in [2.75, 3.05) is 0 Å². The second-order valence-corrected chi connectivity index (χ2v) is 6.70. The van der Waals surface area contributed by atoms with E-state index in [1.54, 1.807) is 0 Å². The Morgan fingerprint density at radius 3 is 2.68 bits per heavy atom. The van der Waals surface area contributed by atoms with Gasteiger partial charge < -0.3 is 4.90 Å². The van der Waals surface area contributed by atoms with Crippen LogP contribution in [0.2, 0.25) is 5.15 Å². The second-order valence-electron chi connectivity index (χ2n) is 6.31. The second kappa shape index (κ2) is 6.69. The summed E-state index contributed by atoms with van der Waals surface area (Å²) < 4.78 is 0. The number of aryl methyl sites for hydroxylation is 1. The average molecular weight is 348 g/mol. The number of fused-ring (bicyclic) bond motifs is 1. The summed E-state index contributed by atoms with van der Waals surface area (Å²) in [4.78, 5) is 10.7. The molecule has 3 nitrogen and oxygen atoms in total. The van der Waals surface area contributed by atoms with Crippen molar-refractivity contribution in [3.8, 4) is 11.1 Å². The van der Waals surface area contributed by atoms with E-state index in [-0.39, 0.29) is 0 Å². The first-order valence-electron chi connectivity index (χ1n) is 8.26. The van der Waals surface area contributed by atoms with Crippen molar-refractivity contribution in [1.29, 1.82) is 0 Å². The van der Waals surface area contributed by atoms with Crippen LogP contribution in [0.1, 0.15) is 22.4 Å². The third kappa shape index (κ3) is 3.57. The monoisotopic (exact) mass is 347 g/mol. The number of aromatic nitrogens is 2. The van der Waals surface area contributed by atoms with Crippen LogP contribution in [-0.2, 0) is 13.1 Å². The van der Waals surface area contributed by atoms with E-state index in [9.17, 15) is 0 Å². The van der Waals surface area contributed by atoms with Gasteiger partial charge in [0.25, 0.3) is 0 Å². The molecule has 4 heteroatoms. The highest BCUT2D eigenvalue weighted by Crippen LogP contribution is 2.24. The molecular formula is C21H18ClN3. The Labute approximate surface area is 152 Å². The molecule has 2 aromatic heterocycles. The van der Waals surface area contributed by atoms with E-state index >= 15 is 0 Å². The van der Waals surface area contributed by atoms with Gasteiger partial charge in [-0.2, -0.15) is 0 Å². The molecule has 1 aliphatic rings. The predicted octanol–water partition coefficient (Wildman–Crippen LogP) is 5.09. The van der Waals surface area contributed by atoms with Crippen LogP contribution in [0.4, 0.5) is 0 Å². The molecule has 1 aromatic carbocycles. The van der Waals surface area contributed by atoms with Gasteiger partial charge in [0, 0.05) is 37.4 Å². The Morgan fingerprint density at radius 1 is 1.04 bits per heavy atom. The zero-order valence-corrected chi connectivity index (χ0v) is 14.7. The van der Waals surface area contributed by atoms with Gasteiger partial charge in [0.15, 0.2) is 0 Å². The maximum Gasteiger partial charge on any atom is 0.129 e. The van der Waals surface area contributed by atoms with Crippen molar-refractivity contribution < 1.29 is 0 Å². The molecule has 3 heterocycles. The molecule has 0 aliphatic carbocycles. The summed E-state index contributed by atoms with van der Waals surface area (Å²) in [6, 6.07) is 14.8. The summed E-state index contributed by atoms with van der Waals surface area (Å²) in [6.07, 6.45) is 7.94. The van der Waals surface area contributed by atoms with E-state index < -0.39 is 0 Å². The van der Waals surface area contributed by atoms with Gasteiger partial charge in [-0.05, 0) is 59.0 Å². The number of hydrogen-bond acceptors (Lipinski definition) is 3. The van der Waals surface area contributed by atoms with Crippen LogP contribution in [0, 0.1) is 6.92 Å². The molecule has 0 fully saturated rings. The molecule has 0 unspecified atom stereocenters. The van der Waals surface area contributed by atoms with Gasteiger partial charge >= 0.3 is 0 Å².